The summed E-state index contributed by atoms with van der Waals surface area (Å²) >= 11 is 0. The molecule has 1 saturated carbocycles. The number of rotatable bonds is 6. The molecule has 2 aromatic carbocycles. The van der Waals surface area contributed by atoms with E-state index in [4.69, 9.17) is 0 Å². The molecule has 3 nitrogen and oxygen atoms in total. The van der Waals surface area contributed by atoms with Crippen molar-refractivity contribution in [3.8, 4) is 0 Å². The highest BCUT2D eigenvalue weighted by molar-refractivity contribution is 5.74. The summed E-state index contributed by atoms with van der Waals surface area (Å²) in [5.74, 6) is -0.225. The van der Waals surface area contributed by atoms with Crippen molar-refractivity contribution in [1.29, 1.82) is 0 Å². The highest BCUT2D eigenvalue weighted by Crippen LogP contribution is 2.34. The molecule has 1 fully saturated rings. The monoisotopic (exact) mass is 309 g/mol. The van der Waals surface area contributed by atoms with Gasteiger partial charge in [-0.15, -0.1) is 0 Å². The maximum Gasteiger partial charge on any atom is 0.321 e. The number of carbonyl (C=O) groups is 1. The van der Waals surface area contributed by atoms with Crippen LogP contribution in [0.25, 0.3) is 0 Å². The molecule has 0 aromatic heterocycles. The molecule has 1 aliphatic rings. The minimum atomic E-state index is -0.767. The molecule has 0 aliphatic heterocycles. The first-order valence-electron chi connectivity index (χ1n) is 8.30. The second-order valence-electron chi connectivity index (χ2n) is 6.36. The van der Waals surface area contributed by atoms with Gasteiger partial charge in [0, 0.05) is 6.04 Å². The van der Waals surface area contributed by atoms with Crippen LogP contribution < -0.4 is 5.32 Å². The van der Waals surface area contributed by atoms with Gasteiger partial charge in [-0.1, -0.05) is 60.7 Å². The lowest BCUT2D eigenvalue weighted by Gasteiger charge is -2.20. The molecular formula is C20H23NO2. The van der Waals surface area contributed by atoms with E-state index in [-0.39, 0.29) is 6.04 Å². The molecule has 3 atom stereocenters. The van der Waals surface area contributed by atoms with E-state index in [0.717, 1.165) is 24.8 Å². The van der Waals surface area contributed by atoms with Gasteiger partial charge in [-0.3, -0.25) is 4.79 Å². The lowest BCUT2D eigenvalue weighted by atomic mass is 9.97. The van der Waals surface area contributed by atoms with E-state index in [0.29, 0.717) is 12.3 Å². The molecule has 0 heterocycles. The summed E-state index contributed by atoms with van der Waals surface area (Å²) in [4.78, 5) is 11.6. The predicted octanol–water partition coefficient (Wildman–Crippen LogP) is 3.61. The van der Waals surface area contributed by atoms with Crippen molar-refractivity contribution in [1.82, 2.24) is 5.32 Å². The lowest BCUT2D eigenvalue weighted by Crippen LogP contribution is -2.43. The van der Waals surface area contributed by atoms with Crippen LogP contribution in [0.2, 0.25) is 0 Å². The van der Waals surface area contributed by atoms with Crippen molar-refractivity contribution in [2.45, 2.75) is 43.7 Å². The normalized spacial score (nSPS) is 21.9. The van der Waals surface area contributed by atoms with Crippen molar-refractivity contribution in [3.05, 3.63) is 71.8 Å². The number of nitrogens with one attached hydrogen (secondary N) is 1. The zero-order chi connectivity index (χ0) is 16.1. The number of hydrogen-bond acceptors (Lipinski definition) is 2. The van der Waals surface area contributed by atoms with Crippen molar-refractivity contribution in [2.75, 3.05) is 0 Å². The summed E-state index contributed by atoms with van der Waals surface area (Å²) < 4.78 is 0. The number of carboxylic acid groups (broad SMARTS) is 1. The van der Waals surface area contributed by atoms with Gasteiger partial charge in [-0.05, 0) is 42.7 Å². The quantitative estimate of drug-likeness (QED) is 0.857. The predicted molar refractivity (Wildman–Crippen MR) is 91.5 cm³/mol. The van der Waals surface area contributed by atoms with Gasteiger partial charge in [0.1, 0.15) is 6.04 Å². The van der Waals surface area contributed by atoms with Gasteiger partial charge in [0.25, 0.3) is 0 Å². The van der Waals surface area contributed by atoms with Crippen molar-refractivity contribution in [3.63, 3.8) is 0 Å². The summed E-state index contributed by atoms with van der Waals surface area (Å²) in [5.41, 5.74) is 2.43. The molecule has 2 N–H and O–H groups in total. The van der Waals surface area contributed by atoms with Gasteiger partial charge < -0.3 is 10.4 Å². The zero-order valence-electron chi connectivity index (χ0n) is 13.2. The van der Waals surface area contributed by atoms with E-state index in [1.165, 1.54) is 5.56 Å². The van der Waals surface area contributed by atoms with Crippen LogP contribution in [0.3, 0.4) is 0 Å². The molecular weight excluding hydrogens is 286 g/mol. The first-order chi connectivity index (χ1) is 11.2. The second-order valence-corrected chi connectivity index (χ2v) is 6.36. The minimum absolute atomic E-state index is 0.282. The van der Waals surface area contributed by atoms with Gasteiger partial charge in [0.15, 0.2) is 0 Å². The van der Waals surface area contributed by atoms with Crippen LogP contribution >= 0.6 is 0 Å². The van der Waals surface area contributed by atoms with E-state index in [9.17, 15) is 9.90 Å². The Kier molecular flexibility index (Phi) is 5.09. The molecule has 0 spiro atoms. The Bertz CT molecular complexity index is 627. The highest BCUT2D eigenvalue weighted by Gasteiger charge is 2.29. The molecule has 0 amide bonds. The van der Waals surface area contributed by atoms with Crippen molar-refractivity contribution in [2.24, 2.45) is 0 Å². The summed E-state index contributed by atoms with van der Waals surface area (Å²) in [6.45, 7) is 0. The molecule has 23 heavy (non-hydrogen) atoms. The average molecular weight is 309 g/mol. The third-order valence-corrected chi connectivity index (χ3v) is 4.72. The summed E-state index contributed by atoms with van der Waals surface area (Å²) in [7, 11) is 0. The average Bonchev–Trinajstić information content (AvgIpc) is 3.04. The summed E-state index contributed by atoms with van der Waals surface area (Å²) in [6, 6.07) is 20.1. The first-order valence-corrected chi connectivity index (χ1v) is 8.30. The van der Waals surface area contributed by atoms with Crippen molar-refractivity contribution >= 4 is 5.97 Å². The van der Waals surface area contributed by atoms with Crippen molar-refractivity contribution < 1.29 is 9.90 Å². The summed E-state index contributed by atoms with van der Waals surface area (Å²) in [5, 5.41) is 12.9. The number of hydrogen-bond donors (Lipinski definition) is 2. The SMILES string of the molecule is O=C(O)[C@@H](Cc1ccccc1)NC1CCC(c2ccccc2)C1. The van der Waals surface area contributed by atoms with Crippen LogP contribution in [0, 0.1) is 0 Å². The Morgan fingerprint density at radius 1 is 1.04 bits per heavy atom. The molecule has 3 heteroatoms. The maximum absolute atomic E-state index is 11.6. The van der Waals surface area contributed by atoms with Crippen LogP contribution in [0.4, 0.5) is 0 Å². The Hall–Kier alpha value is -2.13. The number of aliphatic carboxylic acids is 1. The van der Waals surface area contributed by atoms with Gasteiger partial charge >= 0.3 is 5.97 Å². The third-order valence-electron chi connectivity index (χ3n) is 4.72. The third kappa shape index (κ3) is 4.20. The second kappa shape index (κ2) is 7.42. The Labute approximate surface area is 137 Å². The molecule has 120 valence electrons. The standard InChI is InChI=1S/C20H23NO2/c22-20(23)19(13-15-7-3-1-4-8-15)21-18-12-11-17(14-18)16-9-5-2-6-10-16/h1-10,17-19,21H,11-14H2,(H,22,23)/t17?,18?,19-/m1/s1. The molecule has 3 rings (SSSR count). The Morgan fingerprint density at radius 3 is 2.35 bits per heavy atom. The van der Waals surface area contributed by atoms with Crippen LogP contribution in [-0.4, -0.2) is 23.2 Å². The van der Waals surface area contributed by atoms with Crippen LogP contribution in [-0.2, 0) is 11.2 Å². The van der Waals surface area contributed by atoms with Crippen LogP contribution in [0.1, 0.15) is 36.3 Å². The number of benzene rings is 2. The smallest absolute Gasteiger partial charge is 0.321 e. The highest BCUT2D eigenvalue weighted by atomic mass is 16.4. The fraction of sp³-hybridized carbons (Fsp3) is 0.350. The largest absolute Gasteiger partial charge is 0.480 e. The van der Waals surface area contributed by atoms with Crippen LogP contribution in [0.5, 0.6) is 0 Å². The van der Waals surface area contributed by atoms with E-state index < -0.39 is 12.0 Å². The molecule has 0 saturated heterocycles. The van der Waals surface area contributed by atoms with Gasteiger partial charge in [-0.25, -0.2) is 0 Å². The molecule has 1 aliphatic carbocycles. The molecule has 0 radical (unpaired) electrons. The Morgan fingerprint density at radius 2 is 1.70 bits per heavy atom. The fourth-order valence-electron chi connectivity index (χ4n) is 3.51. The van der Waals surface area contributed by atoms with Gasteiger partial charge in [-0.2, -0.15) is 0 Å². The van der Waals surface area contributed by atoms with Gasteiger partial charge in [0.2, 0.25) is 0 Å². The first kappa shape index (κ1) is 15.8. The fourth-order valence-corrected chi connectivity index (χ4v) is 3.51. The zero-order valence-corrected chi connectivity index (χ0v) is 13.2. The van der Waals surface area contributed by atoms with E-state index in [2.05, 4.69) is 29.6 Å². The maximum atomic E-state index is 11.6. The topological polar surface area (TPSA) is 49.3 Å². The van der Waals surface area contributed by atoms with Crippen LogP contribution in [0.15, 0.2) is 60.7 Å². The van der Waals surface area contributed by atoms with Gasteiger partial charge in [0.05, 0.1) is 0 Å². The lowest BCUT2D eigenvalue weighted by molar-refractivity contribution is -0.139. The molecule has 0 bridgehead atoms. The molecule has 2 unspecified atom stereocenters. The van der Waals surface area contributed by atoms with E-state index in [1.54, 1.807) is 0 Å². The van der Waals surface area contributed by atoms with E-state index >= 15 is 0 Å². The minimum Gasteiger partial charge on any atom is -0.480 e. The summed E-state index contributed by atoms with van der Waals surface area (Å²) in [6.07, 6.45) is 3.71. The Balaban J connectivity index is 1.60. The number of carboxylic acids is 1. The van der Waals surface area contributed by atoms with E-state index in [1.807, 2.05) is 36.4 Å². The molecule has 2 aromatic rings.